The second-order valence-electron chi connectivity index (χ2n) is 4.30. The molecule has 0 radical (unpaired) electrons. The lowest BCUT2D eigenvalue weighted by atomic mass is 10.0. The van der Waals surface area contributed by atoms with E-state index < -0.39 is 5.91 Å². The van der Waals surface area contributed by atoms with Crippen molar-refractivity contribution in [2.45, 2.75) is 25.8 Å². The van der Waals surface area contributed by atoms with E-state index in [2.05, 4.69) is 15.9 Å². The van der Waals surface area contributed by atoms with E-state index in [0.717, 1.165) is 6.42 Å². The van der Waals surface area contributed by atoms with E-state index in [1.165, 1.54) is 0 Å². The number of carbonyl (C=O) groups is 1. The van der Waals surface area contributed by atoms with Crippen molar-refractivity contribution in [3.63, 3.8) is 0 Å². The van der Waals surface area contributed by atoms with E-state index in [9.17, 15) is 4.79 Å². The smallest absolute Gasteiger partial charge is 0.249 e. The van der Waals surface area contributed by atoms with Crippen molar-refractivity contribution in [1.82, 2.24) is 0 Å². The van der Waals surface area contributed by atoms with Gasteiger partial charge in [-0.2, -0.15) is 0 Å². The maximum atomic E-state index is 11.0. The number of ether oxygens (including phenoxy) is 1. The predicted octanol–water partition coefficient (Wildman–Crippen LogP) is 2.05. The van der Waals surface area contributed by atoms with Gasteiger partial charge in [-0.1, -0.05) is 6.92 Å². The second-order valence-corrected chi connectivity index (χ2v) is 5.16. The molecule has 0 spiro atoms. The first kappa shape index (κ1) is 14.0. The first-order valence-corrected chi connectivity index (χ1v) is 6.16. The zero-order valence-electron chi connectivity index (χ0n) is 10.00. The lowest BCUT2D eigenvalue weighted by Crippen LogP contribution is -2.41. The maximum Gasteiger partial charge on any atom is 0.249 e. The molecule has 1 amide bonds. The molecule has 0 heterocycles. The Morgan fingerprint density at radius 3 is 2.65 bits per heavy atom. The van der Waals surface area contributed by atoms with Crippen LogP contribution < -0.4 is 16.2 Å². The highest BCUT2D eigenvalue weighted by Crippen LogP contribution is 2.23. The lowest BCUT2D eigenvalue weighted by molar-refractivity contribution is 0.0999. The standard InChI is InChI=1S/C12H17BrN2O2/c1-3-12(2,15)7-17-8-4-5-9(11(14)16)10(13)6-8/h4-6H,3,7,15H2,1-2H3,(H2,14,16). The number of rotatable bonds is 5. The molecule has 0 aliphatic heterocycles. The van der Waals surface area contributed by atoms with Gasteiger partial charge >= 0.3 is 0 Å². The fourth-order valence-electron chi connectivity index (χ4n) is 1.14. The van der Waals surface area contributed by atoms with E-state index in [1.807, 2.05) is 13.8 Å². The second kappa shape index (κ2) is 5.51. The summed E-state index contributed by atoms with van der Waals surface area (Å²) in [6.07, 6.45) is 0.827. The molecular weight excluding hydrogens is 284 g/mol. The average Bonchev–Trinajstić information content (AvgIpc) is 2.26. The van der Waals surface area contributed by atoms with Crippen molar-refractivity contribution < 1.29 is 9.53 Å². The van der Waals surface area contributed by atoms with Crippen molar-refractivity contribution in [1.29, 1.82) is 0 Å². The molecule has 17 heavy (non-hydrogen) atoms. The highest BCUT2D eigenvalue weighted by atomic mass is 79.9. The van der Waals surface area contributed by atoms with Crippen LogP contribution in [0.3, 0.4) is 0 Å². The molecule has 0 aliphatic rings. The SMILES string of the molecule is CCC(C)(N)COc1ccc(C(N)=O)c(Br)c1. The Labute approximate surface area is 109 Å². The molecule has 1 aromatic carbocycles. The summed E-state index contributed by atoms with van der Waals surface area (Å²) in [7, 11) is 0. The number of benzene rings is 1. The maximum absolute atomic E-state index is 11.0. The highest BCUT2D eigenvalue weighted by molar-refractivity contribution is 9.10. The van der Waals surface area contributed by atoms with Crippen LogP contribution in [0, 0.1) is 0 Å². The van der Waals surface area contributed by atoms with Gasteiger partial charge in [-0.25, -0.2) is 0 Å². The molecule has 1 atom stereocenters. The Kier molecular flexibility index (Phi) is 4.54. The van der Waals surface area contributed by atoms with Gasteiger partial charge in [-0.15, -0.1) is 0 Å². The summed E-state index contributed by atoms with van der Waals surface area (Å²) in [5.74, 6) is 0.188. The van der Waals surface area contributed by atoms with Crippen molar-refractivity contribution in [3.8, 4) is 5.75 Å². The van der Waals surface area contributed by atoms with Gasteiger partial charge in [0.05, 0.1) is 5.56 Å². The monoisotopic (exact) mass is 300 g/mol. The molecule has 0 saturated carbocycles. The normalized spacial score (nSPS) is 14.1. The van der Waals surface area contributed by atoms with E-state index in [0.29, 0.717) is 22.4 Å². The van der Waals surface area contributed by atoms with Gasteiger partial charge in [0, 0.05) is 10.0 Å². The number of nitrogens with two attached hydrogens (primary N) is 2. The minimum Gasteiger partial charge on any atom is -0.492 e. The minimum absolute atomic E-state index is 0.352. The summed E-state index contributed by atoms with van der Waals surface area (Å²) < 4.78 is 6.19. The van der Waals surface area contributed by atoms with E-state index in [-0.39, 0.29) is 5.54 Å². The Hall–Kier alpha value is -1.07. The van der Waals surface area contributed by atoms with Crippen LogP contribution in [0.15, 0.2) is 22.7 Å². The van der Waals surface area contributed by atoms with Gasteiger partial charge < -0.3 is 16.2 Å². The molecular formula is C12H17BrN2O2. The van der Waals surface area contributed by atoms with E-state index in [1.54, 1.807) is 18.2 Å². The van der Waals surface area contributed by atoms with Crippen LogP contribution in [0.25, 0.3) is 0 Å². The molecule has 1 rings (SSSR count). The molecule has 0 saturated heterocycles. The summed E-state index contributed by atoms with van der Waals surface area (Å²) in [6, 6.07) is 5.05. The van der Waals surface area contributed by atoms with Gasteiger partial charge in [-0.05, 0) is 47.5 Å². The third-order valence-corrected chi connectivity index (χ3v) is 3.24. The number of halogens is 1. The van der Waals surface area contributed by atoms with Gasteiger partial charge in [0.15, 0.2) is 0 Å². The topological polar surface area (TPSA) is 78.3 Å². The fourth-order valence-corrected chi connectivity index (χ4v) is 1.69. The molecule has 0 bridgehead atoms. The first-order chi connectivity index (χ1) is 7.85. The zero-order valence-corrected chi connectivity index (χ0v) is 11.6. The minimum atomic E-state index is -0.472. The van der Waals surface area contributed by atoms with Crippen LogP contribution >= 0.6 is 15.9 Å². The molecule has 4 N–H and O–H groups in total. The molecule has 4 nitrogen and oxygen atoms in total. The van der Waals surface area contributed by atoms with Gasteiger partial charge in [0.1, 0.15) is 12.4 Å². The predicted molar refractivity (Wildman–Crippen MR) is 71.0 cm³/mol. The number of hydrogen-bond acceptors (Lipinski definition) is 3. The molecule has 5 heteroatoms. The van der Waals surface area contributed by atoms with Crippen LogP contribution in [0.2, 0.25) is 0 Å². The zero-order chi connectivity index (χ0) is 13.1. The third kappa shape index (κ3) is 4.02. The molecule has 1 aromatic rings. The van der Waals surface area contributed by atoms with Crippen LogP contribution in [0.5, 0.6) is 5.75 Å². The van der Waals surface area contributed by atoms with E-state index in [4.69, 9.17) is 16.2 Å². The summed E-state index contributed by atoms with van der Waals surface area (Å²) in [5.41, 5.74) is 11.3. The Morgan fingerprint density at radius 2 is 2.18 bits per heavy atom. The summed E-state index contributed by atoms with van der Waals surface area (Å²) >= 11 is 3.27. The van der Waals surface area contributed by atoms with Crippen molar-refractivity contribution in [3.05, 3.63) is 28.2 Å². The molecule has 1 unspecified atom stereocenters. The molecule has 0 aliphatic carbocycles. The largest absolute Gasteiger partial charge is 0.492 e. The Bertz CT molecular complexity index is 419. The van der Waals surface area contributed by atoms with Crippen LogP contribution in [-0.2, 0) is 0 Å². The molecule has 0 fully saturated rings. The van der Waals surface area contributed by atoms with Gasteiger partial charge in [-0.3, -0.25) is 4.79 Å². The number of hydrogen-bond donors (Lipinski definition) is 2. The Balaban J connectivity index is 2.75. The third-order valence-electron chi connectivity index (χ3n) is 2.58. The number of primary amides is 1. The van der Waals surface area contributed by atoms with Crippen LogP contribution in [0.1, 0.15) is 30.6 Å². The summed E-state index contributed by atoms with van der Waals surface area (Å²) in [6.45, 7) is 4.36. The van der Waals surface area contributed by atoms with Gasteiger partial charge in [0.2, 0.25) is 5.91 Å². The highest BCUT2D eigenvalue weighted by Gasteiger charge is 2.16. The van der Waals surface area contributed by atoms with Crippen molar-refractivity contribution in [2.75, 3.05) is 6.61 Å². The van der Waals surface area contributed by atoms with Gasteiger partial charge in [0.25, 0.3) is 0 Å². The number of carbonyl (C=O) groups excluding carboxylic acids is 1. The first-order valence-electron chi connectivity index (χ1n) is 5.37. The van der Waals surface area contributed by atoms with Crippen molar-refractivity contribution in [2.24, 2.45) is 11.5 Å². The summed E-state index contributed by atoms with van der Waals surface area (Å²) in [4.78, 5) is 11.0. The van der Waals surface area contributed by atoms with E-state index >= 15 is 0 Å². The lowest BCUT2D eigenvalue weighted by Gasteiger charge is -2.22. The van der Waals surface area contributed by atoms with Crippen LogP contribution in [-0.4, -0.2) is 18.1 Å². The van der Waals surface area contributed by atoms with Crippen LogP contribution in [0.4, 0.5) is 0 Å². The average molecular weight is 301 g/mol. The molecule has 94 valence electrons. The molecule has 0 aromatic heterocycles. The Morgan fingerprint density at radius 1 is 1.53 bits per heavy atom. The fraction of sp³-hybridized carbons (Fsp3) is 0.417. The summed E-state index contributed by atoms with van der Waals surface area (Å²) in [5, 5.41) is 0. The number of amides is 1. The van der Waals surface area contributed by atoms with Crippen molar-refractivity contribution >= 4 is 21.8 Å². The quantitative estimate of drug-likeness (QED) is 0.873.